The van der Waals surface area contributed by atoms with E-state index in [1.807, 2.05) is 21.1 Å². The summed E-state index contributed by atoms with van der Waals surface area (Å²) < 4.78 is 31.9. The zero-order valence-corrected chi connectivity index (χ0v) is 24.6. The van der Waals surface area contributed by atoms with Crippen LogP contribution in [0.15, 0.2) is 12.2 Å². The molecule has 0 N–H and O–H groups in total. The van der Waals surface area contributed by atoms with Crippen molar-refractivity contribution < 1.29 is 42.1 Å². The van der Waals surface area contributed by atoms with Gasteiger partial charge in [0, 0.05) is 6.42 Å². The minimum Gasteiger partial charge on any atom is -0.756 e. The number of hydrogen-bond donors (Lipinski definition) is 0. The second kappa shape index (κ2) is 22.7. The van der Waals surface area contributed by atoms with Gasteiger partial charge in [0.1, 0.15) is 19.8 Å². The van der Waals surface area contributed by atoms with Gasteiger partial charge >= 0.3 is 5.97 Å². The highest BCUT2D eigenvalue weighted by atomic mass is 31.2. The Hall–Kier alpha value is -1.25. The third-order valence-electron chi connectivity index (χ3n) is 5.75. The fourth-order valence-corrected chi connectivity index (χ4v) is 4.17. The molecule has 1 unspecified atom stereocenters. The Morgan fingerprint density at radius 2 is 1.43 bits per heavy atom. The van der Waals surface area contributed by atoms with Crippen molar-refractivity contribution in [2.45, 2.75) is 103 Å². The molecule has 0 bridgehead atoms. The van der Waals surface area contributed by atoms with Crippen molar-refractivity contribution in [2.24, 2.45) is 0 Å². The lowest BCUT2D eigenvalue weighted by Crippen LogP contribution is -2.37. The Labute approximate surface area is 225 Å². The lowest BCUT2D eigenvalue weighted by molar-refractivity contribution is -0.870. The summed E-state index contributed by atoms with van der Waals surface area (Å²) in [6.45, 7) is 2.09. The van der Waals surface area contributed by atoms with Crippen molar-refractivity contribution >= 4 is 20.3 Å². The summed E-state index contributed by atoms with van der Waals surface area (Å²) in [6, 6.07) is 0. The SMILES string of the molecule is CCCCCCCC/C=C\CCCCCCCC(=O)OC[C@H](COP(=O)([O-])OCC[N+](C)(C)C)OC=O. The molecule has 37 heavy (non-hydrogen) atoms. The lowest BCUT2D eigenvalue weighted by atomic mass is 10.1. The Morgan fingerprint density at radius 1 is 0.865 bits per heavy atom. The molecule has 0 aromatic carbocycles. The predicted molar refractivity (Wildman–Crippen MR) is 144 cm³/mol. The summed E-state index contributed by atoms with van der Waals surface area (Å²) in [6.07, 6.45) is 19.1. The quantitative estimate of drug-likeness (QED) is 0.0356. The molecular formula is C27H52NO8P. The molecular weight excluding hydrogens is 497 g/mol. The molecule has 0 fully saturated rings. The van der Waals surface area contributed by atoms with E-state index < -0.39 is 26.5 Å². The number of unbranched alkanes of at least 4 members (excludes halogenated alkanes) is 11. The molecule has 0 aliphatic carbocycles. The molecule has 0 aromatic rings. The highest BCUT2D eigenvalue weighted by molar-refractivity contribution is 7.45. The zero-order valence-electron chi connectivity index (χ0n) is 23.7. The number of allylic oxidation sites excluding steroid dienone is 2. The van der Waals surface area contributed by atoms with Gasteiger partial charge in [-0.25, -0.2) is 0 Å². The van der Waals surface area contributed by atoms with Gasteiger partial charge in [0.2, 0.25) is 0 Å². The molecule has 0 aliphatic heterocycles. The summed E-state index contributed by atoms with van der Waals surface area (Å²) in [7, 11) is 1.16. The summed E-state index contributed by atoms with van der Waals surface area (Å²) in [4.78, 5) is 34.5. The summed E-state index contributed by atoms with van der Waals surface area (Å²) in [5.41, 5.74) is 0. The van der Waals surface area contributed by atoms with E-state index in [-0.39, 0.29) is 26.1 Å². The monoisotopic (exact) mass is 549 g/mol. The molecule has 0 aliphatic rings. The molecule has 10 heteroatoms. The number of phosphoric ester groups is 1. The number of likely N-dealkylation sites (N-methyl/N-ethyl adjacent to an activating group) is 1. The van der Waals surface area contributed by atoms with E-state index >= 15 is 0 Å². The van der Waals surface area contributed by atoms with Gasteiger partial charge < -0.3 is 27.9 Å². The summed E-state index contributed by atoms with van der Waals surface area (Å²) >= 11 is 0. The van der Waals surface area contributed by atoms with Crippen molar-refractivity contribution in [3.05, 3.63) is 12.2 Å². The van der Waals surface area contributed by atoms with Crippen molar-refractivity contribution in [3.8, 4) is 0 Å². The first-order valence-corrected chi connectivity index (χ1v) is 15.4. The predicted octanol–water partition coefficient (Wildman–Crippen LogP) is 5.32. The third kappa shape index (κ3) is 26.2. The minimum absolute atomic E-state index is 0.0333. The van der Waals surface area contributed by atoms with Crippen molar-refractivity contribution in [2.75, 3.05) is 47.5 Å². The molecule has 0 saturated carbocycles. The number of phosphoric acid groups is 1. The standard InChI is InChI=1S/C27H52NO8P/c1-5-6-7-8-9-10-11-12-13-14-15-16-17-18-19-20-27(30)33-23-26(34-25-29)24-36-37(31,32)35-22-21-28(2,3)4/h12-13,25-26H,5-11,14-24H2,1-4H3/b13-12-/t26-/m1/s1. The number of hydrogen-bond acceptors (Lipinski definition) is 8. The van der Waals surface area contributed by atoms with Gasteiger partial charge in [-0.2, -0.15) is 0 Å². The van der Waals surface area contributed by atoms with Crippen molar-refractivity contribution in [1.82, 2.24) is 0 Å². The number of carbonyl (C=O) groups is 2. The van der Waals surface area contributed by atoms with Gasteiger partial charge in [-0.3, -0.25) is 14.2 Å². The first kappa shape index (κ1) is 35.8. The van der Waals surface area contributed by atoms with Crippen LogP contribution in [0.2, 0.25) is 0 Å². The van der Waals surface area contributed by atoms with Crippen LogP contribution in [0.5, 0.6) is 0 Å². The van der Waals surface area contributed by atoms with E-state index in [4.69, 9.17) is 18.5 Å². The van der Waals surface area contributed by atoms with Crippen molar-refractivity contribution in [3.63, 3.8) is 0 Å². The lowest BCUT2D eigenvalue weighted by Gasteiger charge is -2.28. The number of ether oxygens (including phenoxy) is 2. The van der Waals surface area contributed by atoms with Crippen LogP contribution in [-0.2, 0) is 32.7 Å². The normalized spacial score (nSPS) is 14.4. The second-order valence-electron chi connectivity index (χ2n) is 10.5. The van der Waals surface area contributed by atoms with E-state index in [0.29, 0.717) is 11.0 Å². The number of nitrogens with zero attached hydrogens (tertiary/aromatic N) is 1. The average Bonchev–Trinajstić information content (AvgIpc) is 2.82. The Kier molecular flexibility index (Phi) is 21.9. The maximum atomic E-state index is 12.0. The molecule has 0 rings (SSSR count). The smallest absolute Gasteiger partial charge is 0.305 e. The van der Waals surface area contributed by atoms with E-state index in [2.05, 4.69) is 19.1 Å². The van der Waals surface area contributed by atoms with Crippen molar-refractivity contribution in [1.29, 1.82) is 0 Å². The highest BCUT2D eigenvalue weighted by Crippen LogP contribution is 2.38. The van der Waals surface area contributed by atoms with E-state index in [0.717, 1.165) is 38.5 Å². The minimum atomic E-state index is -4.55. The van der Waals surface area contributed by atoms with Gasteiger partial charge in [0.05, 0.1) is 27.7 Å². The molecule has 0 spiro atoms. The number of esters is 1. The summed E-state index contributed by atoms with van der Waals surface area (Å²) in [5.74, 6) is -0.415. The molecule has 0 heterocycles. The van der Waals surface area contributed by atoms with Crippen LogP contribution in [0.25, 0.3) is 0 Å². The Bertz CT molecular complexity index is 651. The van der Waals surface area contributed by atoms with Gasteiger partial charge in [-0.1, -0.05) is 70.4 Å². The van der Waals surface area contributed by atoms with Crippen LogP contribution in [0.3, 0.4) is 0 Å². The molecule has 0 amide bonds. The first-order chi connectivity index (χ1) is 17.6. The van der Waals surface area contributed by atoms with Gasteiger partial charge in [0.25, 0.3) is 14.3 Å². The molecule has 0 aromatic heterocycles. The van der Waals surface area contributed by atoms with Gasteiger partial charge in [0.15, 0.2) is 6.10 Å². The van der Waals surface area contributed by atoms with E-state index in [1.54, 1.807) is 0 Å². The largest absolute Gasteiger partial charge is 0.756 e. The van der Waals surface area contributed by atoms with E-state index in [9.17, 15) is 19.0 Å². The average molecular weight is 550 g/mol. The van der Waals surface area contributed by atoms with Gasteiger partial charge in [-0.15, -0.1) is 0 Å². The van der Waals surface area contributed by atoms with Crippen LogP contribution >= 0.6 is 7.82 Å². The number of carbonyl (C=O) groups excluding carboxylic acids is 2. The fourth-order valence-electron chi connectivity index (χ4n) is 3.44. The second-order valence-corrected chi connectivity index (χ2v) is 11.9. The first-order valence-electron chi connectivity index (χ1n) is 13.9. The van der Waals surface area contributed by atoms with E-state index in [1.165, 1.54) is 44.9 Å². The van der Waals surface area contributed by atoms with Crippen LogP contribution in [-0.4, -0.2) is 70.5 Å². The number of quaternary nitrogens is 1. The third-order valence-corrected chi connectivity index (χ3v) is 6.72. The molecule has 2 atom stereocenters. The van der Waals surface area contributed by atoms with Crippen LogP contribution in [0.4, 0.5) is 0 Å². The van der Waals surface area contributed by atoms with Crippen LogP contribution < -0.4 is 4.89 Å². The topological polar surface area (TPSA) is 111 Å². The summed E-state index contributed by atoms with van der Waals surface area (Å²) in [5, 5.41) is 0. The molecule has 0 saturated heterocycles. The zero-order chi connectivity index (χ0) is 27.8. The molecule has 9 nitrogen and oxygen atoms in total. The van der Waals surface area contributed by atoms with Gasteiger partial charge in [-0.05, 0) is 32.1 Å². The maximum Gasteiger partial charge on any atom is 0.305 e. The fraction of sp³-hybridized carbons (Fsp3) is 0.852. The Balaban J connectivity index is 3.83. The highest BCUT2D eigenvalue weighted by Gasteiger charge is 2.19. The van der Waals surface area contributed by atoms with Crippen LogP contribution in [0, 0.1) is 0 Å². The number of rotatable bonds is 26. The molecule has 218 valence electrons. The Morgan fingerprint density at radius 3 is 2.00 bits per heavy atom. The van der Waals surface area contributed by atoms with Crippen LogP contribution in [0.1, 0.15) is 96.8 Å². The molecule has 0 radical (unpaired) electrons. The maximum absolute atomic E-state index is 12.0.